The Balaban J connectivity index is 1.83. The van der Waals surface area contributed by atoms with Gasteiger partial charge < -0.3 is 5.32 Å². The lowest BCUT2D eigenvalue weighted by Crippen LogP contribution is -2.42. The molecule has 0 amide bonds. The summed E-state index contributed by atoms with van der Waals surface area (Å²) in [4.78, 5) is 2.75. The lowest BCUT2D eigenvalue weighted by atomic mass is 9.85. The van der Waals surface area contributed by atoms with E-state index >= 15 is 0 Å². The molecule has 2 heteroatoms. The molecule has 2 rings (SSSR count). The summed E-state index contributed by atoms with van der Waals surface area (Å²) < 4.78 is 0. The molecule has 1 heterocycles. The summed E-state index contributed by atoms with van der Waals surface area (Å²) in [5, 5.41) is 3.59. The Hall–Kier alpha value is -0.0800. The van der Waals surface area contributed by atoms with Gasteiger partial charge in [-0.3, -0.25) is 4.90 Å². The SMILES string of the molecule is CCNC1CCN(C2CCCCC2C)C1. The number of nitrogens with zero attached hydrogens (tertiary/aromatic N) is 1. The highest BCUT2D eigenvalue weighted by atomic mass is 15.2. The van der Waals surface area contributed by atoms with Crippen LogP contribution >= 0.6 is 0 Å². The van der Waals surface area contributed by atoms with Gasteiger partial charge in [0.05, 0.1) is 0 Å². The van der Waals surface area contributed by atoms with Crippen LogP contribution in [-0.4, -0.2) is 36.6 Å². The molecule has 0 radical (unpaired) electrons. The van der Waals surface area contributed by atoms with Crippen LogP contribution in [-0.2, 0) is 0 Å². The molecular formula is C13H26N2. The Morgan fingerprint density at radius 2 is 2.00 bits per heavy atom. The molecule has 15 heavy (non-hydrogen) atoms. The number of hydrogen-bond acceptors (Lipinski definition) is 2. The first-order chi connectivity index (χ1) is 7.31. The monoisotopic (exact) mass is 210 g/mol. The molecular weight excluding hydrogens is 184 g/mol. The number of hydrogen-bond donors (Lipinski definition) is 1. The van der Waals surface area contributed by atoms with Crippen molar-refractivity contribution >= 4 is 0 Å². The van der Waals surface area contributed by atoms with Gasteiger partial charge in [-0.25, -0.2) is 0 Å². The highest BCUT2D eigenvalue weighted by Gasteiger charge is 2.31. The zero-order valence-corrected chi connectivity index (χ0v) is 10.3. The molecule has 0 bridgehead atoms. The molecule has 1 aliphatic heterocycles. The molecule has 1 aliphatic carbocycles. The predicted octanol–water partition coefficient (Wildman–Crippen LogP) is 2.25. The van der Waals surface area contributed by atoms with Crippen LogP contribution in [0.2, 0.25) is 0 Å². The predicted molar refractivity (Wildman–Crippen MR) is 65.1 cm³/mol. The van der Waals surface area contributed by atoms with Gasteiger partial charge in [0.2, 0.25) is 0 Å². The Morgan fingerprint density at radius 3 is 2.73 bits per heavy atom. The molecule has 3 atom stereocenters. The second-order valence-electron chi connectivity index (χ2n) is 5.37. The average Bonchev–Trinajstić information content (AvgIpc) is 2.68. The minimum Gasteiger partial charge on any atom is -0.313 e. The van der Waals surface area contributed by atoms with Crippen molar-refractivity contribution in [1.29, 1.82) is 0 Å². The first-order valence-corrected chi connectivity index (χ1v) is 6.78. The van der Waals surface area contributed by atoms with E-state index < -0.39 is 0 Å². The van der Waals surface area contributed by atoms with Gasteiger partial charge in [-0.2, -0.15) is 0 Å². The normalized spacial score (nSPS) is 38.4. The third-order valence-corrected chi connectivity index (χ3v) is 4.25. The van der Waals surface area contributed by atoms with Crippen LogP contribution in [0.5, 0.6) is 0 Å². The third-order valence-electron chi connectivity index (χ3n) is 4.25. The number of likely N-dealkylation sites (N-methyl/N-ethyl adjacent to an activating group) is 1. The van der Waals surface area contributed by atoms with Gasteiger partial charge in [-0.15, -0.1) is 0 Å². The maximum atomic E-state index is 3.59. The van der Waals surface area contributed by atoms with Gasteiger partial charge in [-0.05, 0) is 31.7 Å². The lowest BCUT2D eigenvalue weighted by molar-refractivity contribution is 0.136. The molecule has 0 aromatic heterocycles. The fraction of sp³-hybridized carbons (Fsp3) is 1.00. The zero-order chi connectivity index (χ0) is 10.7. The van der Waals surface area contributed by atoms with Gasteiger partial charge in [-0.1, -0.05) is 26.7 Å². The van der Waals surface area contributed by atoms with E-state index in [9.17, 15) is 0 Å². The van der Waals surface area contributed by atoms with E-state index in [0.717, 1.165) is 24.5 Å². The Bertz CT molecular complexity index is 193. The summed E-state index contributed by atoms with van der Waals surface area (Å²) in [6, 6.07) is 1.66. The molecule has 0 spiro atoms. The zero-order valence-electron chi connectivity index (χ0n) is 10.3. The fourth-order valence-electron chi connectivity index (χ4n) is 3.38. The topological polar surface area (TPSA) is 15.3 Å². The maximum Gasteiger partial charge on any atom is 0.0207 e. The summed E-state index contributed by atoms with van der Waals surface area (Å²) in [6.45, 7) is 8.41. The van der Waals surface area contributed by atoms with E-state index in [-0.39, 0.29) is 0 Å². The largest absolute Gasteiger partial charge is 0.313 e. The Labute approximate surface area is 94.4 Å². The van der Waals surface area contributed by atoms with Crippen molar-refractivity contribution in [3.05, 3.63) is 0 Å². The summed E-state index contributed by atoms with van der Waals surface area (Å²) in [7, 11) is 0. The average molecular weight is 210 g/mol. The molecule has 2 aliphatic rings. The number of rotatable bonds is 3. The van der Waals surface area contributed by atoms with Crippen LogP contribution in [0.25, 0.3) is 0 Å². The van der Waals surface area contributed by atoms with Crippen molar-refractivity contribution in [2.24, 2.45) is 5.92 Å². The molecule has 1 N–H and O–H groups in total. The second kappa shape index (κ2) is 5.31. The summed E-state index contributed by atoms with van der Waals surface area (Å²) in [6.07, 6.45) is 7.17. The summed E-state index contributed by atoms with van der Waals surface area (Å²) in [5.41, 5.74) is 0. The van der Waals surface area contributed by atoms with Crippen molar-refractivity contribution in [3.8, 4) is 0 Å². The van der Waals surface area contributed by atoms with Crippen LogP contribution in [0.1, 0.15) is 46.0 Å². The molecule has 0 aromatic rings. The molecule has 0 aromatic carbocycles. The number of likely N-dealkylation sites (tertiary alicyclic amines) is 1. The van der Waals surface area contributed by atoms with E-state index in [1.807, 2.05) is 0 Å². The Morgan fingerprint density at radius 1 is 1.20 bits per heavy atom. The van der Waals surface area contributed by atoms with E-state index in [0.29, 0.717) is 0 Å². The molecule has 88 valence electrons. The van der Waals surface area contributed by atoms with E-state index in [4.69, 9.17) is 0 Å². The van der Waals surface area contributed by atoms with E-state index in [1.165, 1.54) is 45.2 Å². The molecule has 1 saturated carbocycles. The van der Waals surface area contributed by atoms with Crippen LogP contribution < -0.4 is 5.32 Å². The fourth-order valence-corrected chi connectivity index (χ4v) is 3.38. The molecule has 2 nitrogen and oxygen atoms in total. The summed E-state index contributed by atoms with van der Waals surface area (Å²) >= 11 is 0. The van der Waals surface area contributed by atoms with E-state index in [2.05, 4.69) is 24.1 Å². The van der Waals surface area contributed by atoms with Gasteiger partial charge in [0.1, 0.15) is 0 Å². The van der Waals surface area contributed by atoms with Crippen molar-refractivity contribution in [2.75, 3.05) is 19.6 Å². The lowest BCUT2D eigenvalue weighted by Gasteiger charge is -2.36. The molecule has 1 saturated heterocycles. The van der Waals surface area contributed by atoms with Crippen LogP contribution in [0.15, 0.2) is 0 Å². The first-order valence-electron chi connectivity index (χ1n) is 6.78. The highest BCUT2D eigenvalue weighted by molar-refractivity contribution is 4.88. The molecule has 3 unspecified atom stereocenters. The van der Waals surface area contributed by atoms with Crippen LogP contribution in [0, 0.1) is 5.92 Å². The standard InChI is InChI=1S/C13H26N2/c1-3-14-12-8-9-15(10-12)13-7-5-4-6-11(13)2/h11-14H,3-10H2,1-2H3. The highest BCUT2D eigenvalue weighted by Crippen LogP contribution is 2.30. The van der Waals surface area contributed by atoms with Gasteiger partial charge in [0.25, 0.3) is 0 Å². The van der Waals surface area contributed by atoms with Gasteiger partial charge in [0, 0.05) is 25.2 Å². The smallest absolute Gasteiger partial charge is 0.0207 e. The quantitative estimate of drug-likeness (QED) is 0.768. The summed E-state index contributed by atoms with van der Waals surface area (Å²) in [5.74, 6) is 0.930. The van der Waals surface area contributed by atoms with Gasteiger partial charge in [0.15, 0.2) is 0 Å². The van der Waals surface area contributed by atoms with Crippen LogP contribution in [0.3, 0.4) is 0 Å². The first kappa shape index (κ1) is 11.4. The minimum atomic E-state index is 0.768. The number of nitrogens with one attached hydrogen (secondary N) is 1. The van der Waals surface area contributed by atoms with Crippen molar-refractivity contribution in [2.45, 2.75) is 58.0 Å². The second-order valence-corrected chi connectivity index (χ2v) is 5.37. The van der Waals surface area contributed by atoms with E-state index in [1.54, 1.807) is 0 Å². The maximum absolute atomic E-state index is 3.59. The van der Waals surface area contributed by atoms with Gasteiger partial charge >= 0.3 is 0 Å². The third kappa shape index (κ3) is 2.73. The van der Waals surface area contributed by atoms with Crippen molar-refractivity contribution < 1.29 is 0 Å². The van der Waals surface area contributed by atoms with Crippen molar-refractivity contribution in [3.63, 3.8) is 0 Å². The Kier molecular flexibility index (Phi) is 4.04. The van der Waals surface area contributed by atoms with Crippen LogP contribution in [0.4, 0.5) is 0 Å². The minimum absolute atomic E-state index is 0.768. The van der Waals surface area contributed by atoms with Crippen molar-refractivity contribution in [1.82, 2.24) is 10.2 Å². The molecule has 2 fully saturated rings.